The van der Waals surface area contributed by atoms with Crippen LogP contribution in [-0.2, 0) is 0 Å². The lowest BCUT2D eigenvalue weighted by atomic mass is 10.1. The van der Waals surface area contributed by atoms with Gasteiger partial charge in [-0.05, 0) is 36.5 Å². The van der Waals surface area contributed by atoms with Crippen LogP contribution in [0.3, 0.4) is 0 Å². The van der Waals surface area contributed by atoms with Gasteiger partial charge in [-0.25, -0.2) is 0 Å². The van der Waals surface area contributed by atoms with Crippen LogP contribution in [0.25, 0.3) is 5.57 Å². The summed E-state index contributed by atoms with van der Waals surface area (Å²) in [6.45, 7) is 1.88. The van der Waals surface area contributed by atoms with Gasteiger partial charge < -0.3 is 11.1 Å². The lowest BCUT2D eigenvalue weighted by Gasteiger charge is -2.18. The van der Waals surface area contributed by atoms with Crippen molar-refractivity contribution in [3.8, 4) is 0 Å². The lowest BCUT2D eigenvalue weighted by molar-refractivity contribution is 0.663. The molecule has 0 aromatic carbocycles. The summed E-state index contributed by atoms with van der Waals surface area (Å²) in [6.07, 6.45) is 4.98. The molecule has 1 fully saturated rings. The van der Waals surface area contributed by atoms with Gasteiger partial charge in [0.15, 0.2) is 0 Å². The summed E-state index contributed by atoms with van der Waals surface area (Å²) in [4.78, 5) is 2.96. The first-order chi connectivity index (χ1) is 7.33. The van der Waals surface area contributed by atoms with Crippen molar-refractivity contribution in [3.05, 3.63) is 28.0 Å². The van der Waals surface area contributed by atoms with Crippen LogP contribution in [0, 0.1) is 0 Å². The molecule has 15 heavy (non-hydrogen) atoms. The van der Waals surface area contributed by atoms with Crippen LogP contribution >= 0.6 is 11.3 Å². The van der Waals surface area contributed by atoms with E-state index in [9.17, 15) is 0 Å². The van der Waals surface area contributed by atoms with E-state index in [1.54, 1.807) is 4.88 Å². The number of hydrogen-bond donors (Lipinski definition) is 2. The van der Waals surface area contributed by atoms with Gasteiger partial charge in [0.1, 0.15) is 0 Å². The maximum atomic E-state index is 5.91. The van der Waals surface area contributed by atoms with Crippen LogP contribution in [0.2, 0.25) is 0 Å². The summed E-state index contributed by atoms with van der Waals surface area (Å²) in [5.41, 5.74) is 7.29. The van der Waals surface area contributed by atoms with Gasteiger partial charge in [0, 0.05) is 28.9 Å². The Hall–Kier alpha value is -0.640. The molecule has 1 saturated carbocycles. The molecule has 3 N–H and O–H groups in total. The van der Waals surface area contributed by atoms with Crippen molar-refractivity contribution in [2.45, 2.75) is 24.8 Å². The molecule has 0 amide bonds. The third-order valence-corrected chi connectivity index (χ3v) is 4.36. The first-order valence-electron chi connectivity index (χ1n) is 5.60. The molecule has 3 heteroatoms. The van der Waals surface area contributed by atoms with E-state index in [2.05, 4.69) is 23.5 Å². The fourth-order valence-corrected chi connectivity index (χ4v) is 3.23. The Bertz CT molecular complexity index is 390. The first kappa shape index (κ1) is 9.58. The van der Waals surface area contributed by atoms with Gasteiger partial charge in [0.25, 0.3) is 0 Å². The Kier molecular flexibility index (Phi) is 2.39. The summed E-state index contributed by atoms with van der Waals surface area (Å²) < 4.78 is 0. The molecular weight excluding hydrogens is 204 g/mol. The van der Waals surface area contributed by atoms with Crippen molar-refractivity contribution >= 4 is 16.9 Å². The Morgan fingerprint density at radius 3 is 2.93 bits per heavy atom. The van der Waals surface area contributed by atoms with E-state index in [0.29, 0.717) is 0 Å². The van der Waals surface area contributed by atoms with Crippen molar-refractivity contribution in [2.24, 2.45) is 5.73 Å². The highest BCUT2D eigenvalue weighted by molar-refractivity contribution is 7.13. The number of thiophene rings is 1. The maximum absolute atomic E-state index is 5.91. The Balaban J connectivity index is 1.84. The van der Waals surface area contributed by atoms with E-state index in [0.717, 1.165) is 19.0 Å². The average Bonchev–Trinajstić information content (AvgIpc) is 2.97. The second-order valence-electron chi connectivity index (χ2n) is 4.46. The van der Waals surface area contributed by atoms with Gasteiger partial charge in [-0.2, -0.15) is 0 Å². The summed E-state index contributed by atoms with van der Waals surface area (Å²) in [7, 11) is 0. The quantitative estimate of drug-likeness (QED) is 0.799. The van der Waals surface area contributed by atoms with Gasteiger partial charge in [-0.3, -0.25) is 0 Å². The smallest absolute Gasteiger partial charge is 0.0357 e. The molecule has 1 unspecified atom stereocenters. The molecular formula is C12H16N2S. The zero-order chi connectivity index (χ0) is 10.3. The largest absolute Gasteiger partial charge is 0.323 e. The fourth-order valence-electron chi connectivity index (χ4n) is 2.03. The molecule has 0 spiro atoms. The van der Waals surface area contributed by atoms with E-state index < -0.39 is 0 Å². The zero-order valence-electron chi connectivity index (χ0n) is 8.70. The highest BCUT2D eigenvalue weighted by Gasteiger charge is 2.25. The summed E-state index contributed by atoms with van der Waals surface area (Å²) in [5.74, 6) is 0.870. The van der Waals surface area contributed by atoms with E-state index in [-0.39, 0.29) is 6.04 Å². The Morgan fingerprint density at radius 2 is 2.20 bits per heavy atom. The van der Waals surface area contributed by atoms with Crippen molar-refractivity contribution in [3.63, 3.8) is 0 Å². The standard InChI is InChI=1S/C12H16N2S/c13-10-5-9(6-14-7-10)12-4-3-11(15-12)8-1-2-8/h3-5,8,10,14H,1-2,6-7,13H2. The van der Waals surface area contributed by atoms with Crippen molar-refractivity contribution < 1.29 is 0 Å². The predicted octanol–water partition coefficient (Wildman–Crippen LogP) is 1.94. The third-order valence-electron chi connectivity index (χ3n) is 3.03. The SMILES string of the molecule is NC1C=C(c2ccc(C3CC3)s2)CNC1. The van der Waals surface area contributed by atoms with Crippen LogP contribution in [0.5, 0.6) is 0 Å². The summed E-state index contributed by atoms with van der Waals surface area (Å²) >= 11 is 1.95. The summed E-state index contributed by atoms with van der Waals surface area (Å²) in [6, 6.07) is 4.72. The van der Waals surface area contributed by atoms with Gasteiger partial charge in [0.2, 0.25) is 0 Å². The zero-order valence-corrected chi connectivity index (χ0v) is 9.52. The van der Waals surface area contributed by atoms with Crippen LogP contribution < -0.4 is 11.1 Å². The molecule has 1 aliphatic carbocycles. The third kappa shape index (κ3) is 2.00. The highest BCUT2D eigenvalue weighted by Crippen LogP contribution is 2.44. The second kappa shape index (κ2) is 3.74. The van der Waals surface area contributed by atoms with Crippen molar-refractivity contribution in [2.75, 3.05) is 13.1 Å². The molecule has 1 aliphatic heterocycles. The molecule has 0 bridgehead atoms. The Morgan fingerprint density at radius 1 is 1.33 bits per heavy atom. The predicted molar refractivity (Wildman–Crippen MR) is 65.1 cm³/mol. The van der Waals surface area contributed by atoms with E-state index in [1.807, 2.05) is 11.3 Å². The topological polar surface area (TPSA) is 38.0 Å². The fraction of sp³-hybridized carbons (Fsp3) is 0.500. The molecule has 0 radical (unpaired) electrons. The molecule has 2 heterocycles. The maximum Gasteiger partial charge on any atom is 0.0357 e. The number of nitrogens with two attached hydrogens (primary N) is 1. The molecule has 2 nitrogen and oxygen atoms in total. The van der Waals surface area contributed by atoms with Crippen LogP contribution in [0.4, 0.5) is 0 Å². The molecule has 1 aromatic heterocycles. The van der Waals surface area contributed by atoms with E-state index in [4.69, 9.17) is 5.73 Å². The molecule has 0 saturated heterocycles. The van der Waals surface area contributed by atoms with Crippen LogP contribution in [0.1, 0.15) is 28.5 Å². The molecule has 80 valence electrons. The van der Waals surface area contributed by atoms with Gasteiger partial charge >= 0.3 is 0 Å². The average molecular weight is 220 g/mol. The van der Waals surface area contributed by atoms with E-state index in [1.165, 1.54) is 23.3 Å². The highest BCUT2D eigenvalue weighted by atomic mass is 32.1. The van der Waals surface area contributed by atoms with Gasteiger partial charge in [0.05, 0.1) is 0 Å². The van der Waals surface area contributed by atoms with Gasteiger partial charge in [-0.15, -0.1) is 11.3 Å². The molecule has 2 aliphatic rings. The lowest BCUT2D eigenvalue weighted by Crippen LogP contribution is -2.37. The minimum Gasteiger partial charge on any atom is -0.323 e. The monoisotopic (exact) mass is 220 g/mol. The first-order valence-corrected chi connectivity index (χ1v) is 6.41. The normalized spacial score (nSPS) is 26.5. The van der Waals surface area contributed by atoms with Gasteiger partial charge in [-0.1, -0.05) is 6.08 Å². The second-order valence-corrected chi connectivity index (χ2v) is 5.58. The van der Waals surface area contributed by atoms with Crippen molar-refractivity contribution in [1.82, 2.24) is 5.32 Å². The minimum absolute atomic E-state index is 0.181. The molecule has 1 aromatic rings. The van der Waals surface area contributed by atoms with Crippen LogP contribution in [-0.4, -0.2) is 19.1 Å². The summed E-state index contributed by atoms with van der Waals surface area (Å²) in [5, 5.41) is 3.35. The van der Waals surface area contributed by atoms with Crippen LogP contribution in [0.15, 0.2) is 18.2 Å². The number of rotatable bonds is 2. The molecule has 1 atom stereocenters. The Labute approximate surface area is 94.2 Å². The van der Waals surface area contributed by atoms with E-state index >= 15 is 0 Å². The van der Waals surface area contributed by atoms with Crippen molar-refractivity contribution in [1.29, 1.82) is 0 Å². The number of hydrogen-bond acceptors (Lipinski definition) is 3. The number of nitrogens with one attached hydrogen (secondary N) is 1. The minimum atomic E-state index is 0.181. The molecule has 3 rings (SSSR count).